The summed E-state index contributed by atoms with van der Waals surface area (Å²) in [6.45, 7) is 1.86. The van der Waals surface area contributed by atoms with Gasteiger partial charge >= 0.3 is 0 Å². The molecule has 0 N–H and O–H groups in total. The Morgan fingerprint density at radius 2 is 1.84 bits per heavy atom. The molecule has 1 aromatic carbocycles. The summed E-state index contributed by atoms with van der Waals surface area (Å²) < 4.78 is 26.1. The Morgan fingerprint density at radius 3 is 2.42 bits per heavy atom. The van der Waals surface area contributed by atoms with Gasteiger partial charge in [0.1, 0.15) is 10.0 Å². The molecule has 2 rings (SSSR count). The van der Waals surface area contributed by atoms with E-state index in [9.17, 15) is 8.42 Å². The lowest BCUT2D eigenvalue weighted by molar-refractivity contribution is 0.594. The Balaban J connectivity index is 2.45. The van der Waals surface area contributed by atoms with Crippen LogP contribution in [0.4, 0.5) is 5.69 Å². The van der Waals surface area contributed by atoms with Gasteiger partial charge in [-0.25, -0.2) is 13.4 Å². The number of halogens is 1. The molecule has 0 aliphatic heterocycles. The first-order valence-corrected chi connectivity index (χ1v) is 7.41. The van der Waals surface area contributed by atoms with Gasteiger partial charge in [0, 0.05) is 13.2 Å². The van der Waals surface area contributed by atoms with Crippen LogP contribution in [-0.2, 0) is 10.0 Å². The summed E-state index contributed by atoms with van der Waals surface area (Å²) in [6.07, 6.45) is 1.26. The highest BCUT2D eigenvalue weighted by Crippen LogP contribution is 2.24. The summed E-state index contributed by atoms with van der Waals surface area (Å²) in [4.78, 5) is 3.92. The molecule has 0 radical (unpaired) electrons. The van der Waals surface area contributed by atoms with Crippen LogP contribution < -0.4 is 4.31 Å². The molecule has 0 saturated heterocycles. The SMILES string of the molecule is Cc1ccccc1N(C)S(=O)(=O)c1ccc(Cl)nc1. The van der Waals surface area contributed by atoms with E-state index in [0.29, 0.717) is 5.69 Å². The van der Waals surface area contributed by atoms with Crippen LogP contribution in [0.5, 0.6) is 0 Å². The third kappa shape index (κ3) is 2.72. The maximum Gasteiger partial charge on any atom is 0.265 e. The molecule has 4 nitrogen and oxygen atoms in total. The third-order valence-electron chi connectivity index (χ3n) is 2.81. The van der Waals surface area contributed by atoms with Gasteiger partial charge in [-0.05, 0) is 30.7 Å². The fourth-order valence-electron chi connectivity index (χ4n) is 1.72. The summed E-state index contributed by atoms with van der Waals surface area (Å²) in [6, 6.07) is 10.2. The van der Waals surface area contributed by atoms with Gasteiger partial charge in [-0.15, -0.1) is 0 Å². The Kier molecular flexibility index (Phi) is 3.78. The molecule has 2 aromatic rings. The molecule has 0 saturated carbocycles. The Bertz CT molecular complexity index is 684. The highest BCUT2D eigenvalue weighted by molar-refractivity contribution is 7.92. The number of sulfonamides is 1. The first kappa shape index (κ1) is 13.8. The molecule has 0 bridgehead atoms. The van der Waals surface area contributed by atoms with Crippen LogP contribution in [0, 0.1) is 6.92 Å². The van der Waals surface area contributed by atoms with E-state index in [2.05, 4.69) is 4.98 Å². The Hall–Kier alpha value is -1.59. The van der Waals surface area contributed by atoms with Crippen molar-refractivity contribution in [1.29, 1.82) is 0 Å². The lowest BCUT2D eigenvalue weighted by Crippen LogP contribution is -2.27. The van der Waals surface area contributed by atoms with Crippen LogP contribution in [0.2, 0.25) is 5.15 Å². The molecule has 0 amide bonds. The third-order valence-corrected chi connectivity index (χ3v) is 4.79. The van der Waals surface area contributed by atoms with Crippen molar-refractivity contribution in [2.45, 2.75) is 11.8 Å². The van der Waals surface area contributed by atoms with E-state index in [1.807, 2.05) is 19.1 Å². The van der Waals surface area contributed by atoms with E-state index < -0.39 is 10.0 Å². The molecule has 6 heteroatoms. The summed E-state index contributed by atoms with van der Waals surface area (Å²) in [5.41, 5.74) is 1.52. The van der Waals surface area contributed by atoms with Gasteiger partial charge in [-0.1, -0.05) is 29.8 Å². The van der Waals surface area contributed by atoms with Crippen molar-refractivity contribution in [2.75, 3.05) is 11.4 Å². The summed E-state index contributed by atoms with van der Waals surface area (Å²) in [5.74, 6) is 0. The zero-order valence-electron chi connectivity index (χ0n) is 10.5. The smallest absolute Gasteiger partial charge is 0.265 e. The van der Waals surface area contributed by atoms with Gasteiger partial charge in [0.15, 0.2) is 0 Å². The average molecular weight is 297 g/mol. The number of hydrogen-bond acceptors (Lipinski definition) is 3. The van der Waals surface area contributed by atoms with Gasteiger partial charge in [0.25, 0.3) is 10.0 Å². The molecule has 19 heavy (non-hydrogen) atoms. The van der Waals surface area contributed by atoms with E-state index in [0.717, 1.165) is 5.56 Å². The minimum absolute atomic E-state index is 0.114. The number of hydrogen-bond donors (Lipinski definition) is 0. The van der Waals surface area contributed by atoms with E-state index in [-0.39, 0.29) is 10.0 Å². The number of rotatable bonds is 3. The lowest BCUT2D eigenvalue weighted by atomic mass is 10.2. The number of anilines is 1. The Labute approximate surface area is 117 Å². The monoisotopic (exact) mass is 296 g/mol. The highest BCUT2D eigenvalue weighted by Gasteiger charge is 2.22. The molecular formula is C13H13ClN2O2S. The van der Waals surface area contributed by atoms with Crippen molar-refractivity contribution in [3.63, 3.8) is 0 Å². The normalized spacial score (nSPS) is 11.3. The van der Waals surface area contributed by atoms with Crippen LogP contribution in [0.25, 0.3) is 0 Å². The maximum absolute atomic E-state index is 12.4. The van der Waals surface area contributed by atoms with E-state index in [4.69, 9.17) is 11.6 Å². The number of para-hydroxylation sites is 1. The molecule has 0 spiro atoms. The number of aryl methyl sites for hydroxylation is 1. The predicted molar refractivity (Wildman–Crippen MR) is 76.0 cm³/mol. The number of nitrogens with zero attached hydrogens (tertiary/aromatic N) is 2. The van der Waals surface area contributed by atoms with Crippen molar-refractivity contribution in [3.8, 4) is 0 Å². The van der Waals surface area contributed by atoms with Gasteiger partial charge in [-0.2, -0.15) is 0 Å². The fraction of sp³-hybridized carbons (Fsp3) is 0.154. The molecule has 100 valence electrons. The Morgan fingerprint density at radius 1 is 1.16 bits per heavy atom. The number of benzene rings is 1. The van der Waals surface area contributed by atoms with Crippen molar-refractivity contribution >= 4 is 27.3 Å². The van der Waals surface area contributed by atoms with Gasteiger partial charge in [-0.3, -0.25) is 4.31 Å². The highest BCUT2D eigenvalue weighted by atomic mass is 35.5. The van der Waals surface area contributed by atoms with Crippen LogP contribution in [-0.4, -0.2) is 20.4 Å². The topological polar surface area (TPSA) is 50.3 Å². The maximum atomic E-state index is 12.4. The van der Waals surface area contributed by atoms with E-state index >= 15 is 0 Å². The predicted octanol–water partition coefficient (Wildman–Crippen LogP) is 2.87. The molecule has 0 fully saturated rings. The second kappa shape index (κ2) is 5.19. The first-order chi connectivity index (χ1) is 8.93. The summed E-state index contributed by atoms with van der Waals surface area (Å²) >= 11 is 5.66. The van der Waals surface area contributed by atoms with Gasteiger partial charge < -0.3 is 0 Å². The zero-order chi connectivity index (χ0) is 14.0. The molecule has 0 aliphatic rings. The molecule has 1 aromatic heterocycles. The molecule has 0 atom stereocenters. The van der Waals surface area contributed by atoms with E-state index in [1.165, 1.54) is 29.7 Å². The minimum Gasteiger partial charge on any atom is -0.269 e. The standard InChI is InChI=1S/C13H13ClN2O2S/c1-10-5-3-4-6-12(10)16(2)19(17,18)11-7-8-13(14)15-9-11/h3-9H,1-2H3. The molecular weight excluding hydrogens is 284 g/mol. The quantitative estimate of drug-likeness (QED) is 0.818. The summed E-state index contributed by atoms with van der Waals surface area (Å²) in [5, 5.41) is 0.262. The summed E-state index contributed by atoms with van der Waals surface area (Å²) in [7, 11) is -2.10. The first-order valence-electron chi connectivity index (χ1n) is 5.59. The largest absolute Gasteiger partial charge is 0.269 e. The number of aromatic nitrogens is 1. The van der Waals surface area contributed by atoms with Crippen molar-refractivity contribution in [1.82, 2.24) is 4.98 Å². The van der Waals surface area contributed by atoms with E-state index in [1.54, 1.807) is 12.1 Å². The second-order valence-electron chi connectivity index (χ2n) is 4.08. The van der Waals surface area contributed by atoms with Gasteiger partial charge in [0.05, 0.1) is 5.69 Å². The van der Waals surface area contributed by atoms with Crippen molar-refractivity contribution in [2.24, 2.45) is 0 Å². The van der Waals surface area contributed by atoms with Crippen molar-refractivity contribution in [3.05, 3.63) is 53.3 Å². The lowest BCUT2D eigenvalue weighted by Gasteiger charge is -2.21. The van der Waals surface area contributed by atoms with Crippen LogP contribution in [0.3, 0.4) is 0 Å². The van der Waals surface area contributed by atoms with Crippen LogP contribution in [0.15, 0.2) is 47.5 Å². The zero-order valence-corrected chi connectivity index (χ0v) is 12.1. The number of pyridine rings is 1. The van der Waals surface area contributed by atoms with Gasteiger partial charge in [0.2, 0.25) is 0 Å². The minimum atomic E-state index is -3.62. The van der Waals surface area contributed by atoms with Crippen LogP contribution >= 0.6 is 11.6 Å². The molecule has 0 aliphatic carbocycles. The average Bonchev–Trinajstić information content (AvgIpc) is 2.39. The van der Waals surface area contributed by atoms with Crippen molar-refractivity contribution < 1.29 is 8.42 Å². The fourth-order valence-corrected chi connectivity index (χ4v) is 3.04. The molecule has 1 heterocycles. The second-order valence-corrected chi connectivity index (χ2v) is 6.43. The molecule has 0 unspecified atom stereocenters. The van der Waals surface area contributed by atoms with Crippen LogP contribution in [0.1, 0.15) is 5.56 Å².